The predicted molar refractivity (Wildman–Crippen MR) is 468 cm³/mol. The van der Waals surface area contributed by atoms with Gasteiger partial charge in [-0.2, -0.15) is 0 Å². The summed E-state index contributed by atoms with van der Waals surface area (Å²) >= 11 is 0. The van der Waals surface area contributed by atoms with Crippen LogP contribution in [0.5, 0.6) is 0 Å². The van der Waals surface area contributed by atoms with Crippen molar-refractivity contribution in [1.82, 2.24) is 0 Å². The first kappa shape index (κ1) is 133. The van der Waals surface area contributed by atoms with Gasteiger partial charge in [0.15, 0.2) is 52.0 Å². The van der Waals surface area contributed by atoms with Gasteiger partial charge in [0.2, 0.25) is 0 Å². The molecule has 0 saturated heterocycles. The van der Waals surface area contributed by atoms with Crippen molar-refractivity contribution < 1.29 is 105 Å². The molecular weight excluding hydrogens is 1460 g/mol. The van der Waals surface area contributed by atoms with Gasteiger partial charge in [-0.1, -0.05) is 210 Å². The van der Waals surface area contributed by atoms with Crippen LogP contribution in [0.25, 0.3) is 0 Å². The Morgan fingerprint density at radius 2 is 0.395 bits per heavy atom. The van der Waals surface area contributed by atoms with E-state index >= 15 is 0 Å². The molecule has 0 aromatic carbocycles. The van der Waals surface area contributed by atoms with Crippen LogP contribution in [0, 0.1) is 11.8 Å². The molecule has 0 bridgehead atoms. The number of ether oxygens (including phenoxy) is 11. The van der Waals surface area contributed by atoms with Gasteiger partial charge in [-0.3, -0.25) is 47.9 Å². The van der Waals surface area contributed by atoms with Gasteiger partial charge in [-0.25, -0.2) is 0 Å². The first-order chi connectivity index (χ1) is 54.5. The van der Waals surface area contributed by atoms with Crippen LogP contribution in [-0.2, 0) is 105 Å². The van der Waals surface area contributed by atoms with Crippen molar-refractivity contribution in [3.63, 3.8) is 0 Å². The number of Topliss-reactive ketones (excluding diaryl/α,β-unsaturated/α-hetero) is 11. The standard InChI is InChI=1S/3C10H20O2.C9H18O3.C9H18O2.2C8H16O2.C8H12O2.C7H14O2.C7H14O.C6H12O2/c1-3-4-5-6-8-12-9-7-10(2)11;2*1-3-4-5-6-7-8-12-9-10(2)11;1-9(10)8-12-7-5-3-4-6-11-2;1-3-4-5-6-7-11-8-9(2)10;3*1-3-4-5-6-10-7-8(2)9;1-3-4-5-9-6-7(2)8;1-3-4-5-6-7(2)8;1-3-4-8-5-6(2)7/h3*3-9H2,1-2H3;3-8H2,1-2H3;3-8H2,1-2H3;2*3-7H2,1-2H3;3,6-7H2,1-2H3;3-6H2,1-2H3;3-6H2,1-2H3;3-5H2,1-2H3. The van der Waals surface area contributed by atoms with Gasteiger partial charge in [0.1, 0.15) is 77.6 Å². The Hall–Kier alpha value is -4.51. The fourth-order valence-electron chi connectivity index (χ4n) is 7.89. The van der Waals surface area contributed by atoms with E-state index in [1.807, 2.05) is 13.8 Å². The van der Waals surface area contributed by atoms with Crippen molar-refractivity contribution in [3.05, 3.63) is 0 Å². The topological polar surface area (TPSA) is 289 Å². The van der Waals surface area contributed by atoms with Crippen LogP contribution in [0.1, 0.15) is 377 Å². The maximum Gasteiger partial charge on any atom is 0.155 e. The third-order valence-corrected chi connectivity index (χ3v) is 13.9. The average Bonchev–Trinajstić information content (AvgIpc) is 1.75. The Morgan fingerprint density at radius 1 is 0.184 bits per heavy atom. The van der Waals surface area contributed by atoms with Crippen LogP contribution >= 0.6 is 0 Å². The van der Waals surface area contributed by atoms with Crippen molar-refractivity contribution in [1.29, 1.82) is 0 Å². The van der Waals surface area contributed by atoms with Gasteiger partial charge in [0, 0.05) is 92.4 Å². The molecule has 0 fully saturated rings. The normalized spacial score (nSPS) is 9.74. The third kappa shape index (κ3) is 208. The van der Waals surface area contributed by atoms with E-state index in [-0.39, 0.29) is 117 Å². The highest BCUT2D eigenvalue weighted by molar-refractivity contribution is 5.79. The summed E-state index contributed by atoms with van der Waals surface area (Å²) in [5.41, 5.74) is 0. The molecule has 0 aliphatic carbocycles. The maximum absolute atomic E-state index is 10.5. The van der Waals surface area contributed by atoms with Crippen molar-refractivity contribution in [2.75, 3.05) is 146 Å². The van der Waals surface area contributed by atoms with Crippen molar-refractivity contribution in [2.45, 2.75) is 377 Å². The van der Waals surface area contributed by atoms with Crippen molar-refractivity contribution in [2.24, 2.45) is 0 Å². The molecule has 0 N–H and O–H groups in total. The number of methoxy groups -OCH3 is 1. The highest BCUT2D eigenvalue weighted by Gasteiger charge is 2.00. The molecule has 0 amide bonds. The molecule has 0 aliphatic heterocycles. The minimum atomic E-state index is 0.0401. The highest BCUT2D eigenvalue weighted by Crippen LogP contribution is 2.05. The van der Waals surface area contributed by atoms with Gasteiger partial charge in [-0.05, 0) is 153 Å². The lowest BCUT2D eigenvalue weighted by Gasteiger charge is -2.01. The molecule has 0 unspecified atom stereocenters. The Bertz CT molecular complexity index is 1910. The number of hydrogen-bond donors (Lipinski definition) is 0. The molecule has 0 atom stereocenters. The Morgan fingerprint density at radius 3 is 0.649 bits per heavy atom. The lowest BCUT2D eigenvalue weighted by Crippen LogP contribution is -2.05. The van der Waals surface area contributed by atoms with E-state index in [0.29, 0.717) is 38.6 Å². The molecule has 0 aromatic rings. The largest absolute Gasteiger partial charge is 0.385 e. The fraction of sp³-hybridized carbons (Fsp3) is 0.859. The van der Waals surface area contributed by atoms with E-state index in [0.717, 1.165) is 149 Å². The number of carbonyl (C=O) groups excluding carboxylic acids is 11. The molecule has 0 radical (unpaired) electrons. The summed E-state index contributed by atoms with van der Waals surface area (Å²) < 4.78 is 55.4. The van der Waals surface area contributed by atoms with E-state index in [4.69, 9.17) is 52.1 Å². The van der Waals surface area contributed by atoms with Crippen LogP contribution in [0.15, 0.2) is 0 Å². The molecule has 0 spiro atoms. The number of carbonyl (C=O) groups is 11. The number of unbranched alkanes of at least 4 members (excludes halogenated alkanes) is 23. The molecule has 0 heterocycles. The van der Waals surface area contributed by atoms with Gasteiger partial charge in [0.05, 0.1) is 6.61 Å². The smallest absolute Gasteiger partial charge is 0.155 e. The van der Waals surface area contributed by atoms with Gasteiger partial charge in [0.25, 0.3) is 0 Å². The molecule has 22 heteroatoms. The summed E-state index contributed by atoms with van der Waals surface area (Å²) in [7, 11) is 1.70. The zero-order valence-corrected chi connectivity index (χ0v) is 77.8. The quantitative estimate of drug-likeness (QED) is 0.0404. The van der Waals surface area contributed by atoms with Crippen LogP contribution in [-0.4, -0.2) is 209 Å². The molecular formula is C92H180O22. The highest BCUT2D eigenvalue weighted by atomic mass is 16.5. The maximum atomic E-state index is 10.5. The second-order valence-corrected chi connectivity index (χ2v) is 27.9. The minimum Gasteiger partial charge on any atom is -0.385 e. The molecule has 114 heavy (non-hydrogen) atoms. The summed E-state index contributed by atoms with van der Waals surface area (Å²) in [6.07, 6.45) is 41.0. The summed E-state index contributed by atoms with van der Waals surface area (Å²) in [4.78, 5) is 114. The van der Waals surface area contributed by atoms with Crippen LogP contribution in [0.4, 0.5) is 0 Å². The number of hydrogen-bond acceptors (Lipinski definition) is 22. The number of ketones is 11. The summed E-state index contributed by atoms with van der Waals surface area (Å²) in [5.74, 6) is 7.02. The molecule has 0 rings (SSSR count). The second-order valence-electron chi connectivity index (χ2n) is 27.9. The van der Waals surface area contributed by atoms with Gasteiger partial charge < -0.3 is 56.9 Å². The van der Waals surface area contributed by atoms with Crippen LogP contribution in [0.3, 0.4) is 0 Å². The Kier molecular flexibility index (Phi) is 151. The van der Waals surface area contributed by atoms with Crippen molar-refractivity contribution >= 4 is 63.6 Å². The first-order valence-electron chi connectivity index (χ1n) is 43.6. The molecule has 0 aromatic heterocycles. The average molecular weight is 1640 g/mol. The predicted octanol–water partition coefficient (Wildman–Crippen LogP) is 20.4. The Labute approximate surface area is 699 Å². The zero-order valence-electron chi connectivity index (χ0n) is 77.8. The lowest BCUT2D eigenvalue weighted by molar-refractivity contribution is -0.122. The van der Waals surface area contributed by atoms with Crippen molar-refractivity contribution in [3.8, 4) is 11.8 Å². The van der Waals surface area contributed by atoms with Crippen LogP contribution < -0.4 is 0 Å². The molecule has 0 aliphatic rings. The fourth-order valence-corrected chi connectivity index (χ4v) is 7.89. The third-order valence-electron chi connectivity index (χ3n) is 13.9. The monoisotopic (exact) mass is 1640 g/mol. The molecule has 680 valence electrons. The van der Waals surface area contributed by atoms with E-state index in [2.05, 4.69) is 67.2 Å². The first-order valence-corrected chi connectivity index (χ1v) is 43.6. The second kappa shape index (κ2) is 129. The lowest BCUT2D eigenvalue weighted by atomic mass is 10.2. The van der Waals surface area contributed by atoms with Gasteiger partial charge in [-0.15, -0.1) is 5.92 Å². The van der Waals surface area contributed by atoms with E-state index in [1.54, 1.807) is 55.6 Å². The SMILES string of the molecule is CCC#CCOCC(C)=O.CCCCCC(C)=O.CCCCCCCOCC(C)=O.CCCCCCCOCC(C)=O.CCCCCCOCC(C)=O.CCCCCCOCCC(C)=O.CCCCCOCC(C)=O.CCCCCOCC(C)=O.CCCCOCC(C)=O.CCCOCC(C)=O.COCCCCCOCC(C)=O. The minimum absolute atomic E-state index is 0.0401. The van der Waals surface area contributed by atoms with E-state index in [9.17, 15) is 52.7 Å². The molecule has 22 nitrogen and oxygen atoms in total. The van der Waals surface area contributed by atoms with Crippen LogP contribution in [0.2, 0.25) is 0 Å². The van der Waals surface area contributed by atoms with E-state index < -0.39 is 0 Å². The summed E-state index contributed by atoms with van der Waals surface area (Å²) in [6.45, 7) is 49.1. The van der Waals surface area contributed by atoms with E-state index in [1.165, 1.54) is 156 Å². The summed E-state index contributed by atoms with van der Waals surface area (Å²) in [5, 5.41) is 0. The zero-order chi connectivity index (χ0) is 88.8. The molecule has 0 saturated carbocycles. The summed E-state index contributed by atoms with van der Waals surface area (Å²) in [6, 6.07) is 0. The Balaban J connectivity index is -0.000000114. The number of rotatable bonds is 67. The van der Waals surface area contributed by atoms with Gasteiger partial charge >= 0.3 is 0 Å².